The fourth-order valence-corrected chi connectivity index (χ4v) is 2.58. The molecule has 0 fully saturated rings. The normalized spacial score (nSPS) is 10.6. The zero-order chi connectivity index (χ0) is 15.5. The topological polar surface area (TPSA) is 26.3 Å². The van der Waals surface area contributed by atoms with Crippen LogP contribution in [0.3, 0.4) is 0 Å². The maximum atomic E-state index is 12.2. The molecule has 0 spiro atoms. The van der Waals surface area contributed by atoms with Gasteiger partial charge in [-0.2, -0.15) is 0 Å². The van der Waals surface area contributed by atoms with Crippen LogP contribution in [0.25, 0.3) is 0 Å². The van der Waals surface area contributed by atoms with E-state index in [1.54, 1.807) is 7.11 Å². The SMILES string of the molecule is CCCCCCCCCCC(=O)c1ccc(C)cc1OC. The molecule has 0 aliphatic rings. The number of methoxy groups -OCH3 is 1. The van der Waals surface area contributed by atoms with Crippen molar-refractivity contribution in [3.8, 4) is 5.75 Å². The van der Waals surface area contributed by atoms with Gasteiger partial charge in [-0.1, -0.05) is 57.9 Å². The molecule has 0 aromatic heterocycles. The van der Waals surface area contributed by atoms with Crippen molar-refractivity contribution >= 4 is 5.78 Å². The molecule has 118 valence electrons. The van der Waals surface area contributed by atoms with E-state index >= 15 is 0 Å². The lowest BCUT2D eigenvalue weighted by Crippen LogP contribution is -2.02. The Hall–Kier alpha value is -1.31. The average Bonchev–Trinajstić information content (AvgIpc) is 2.49. The van der Waals surface area contributed by atoms with E-state index in [9.17, 15) is 4.79 Å². The highest BCUT2D eigenvalue weighted by Gasteiger charge is 2.11. The monoisotopic (exact) mass is 290 g/mol. The van der Waals surface area contributed by atoms with Crippen molar-refractivity contribution in [1.29, 1.82) is 0 Å². The second-order valence-corrected chi connectivity index (χ2v) is 5.85. The summed E-state index contributed by atoms with van der Waals surface area (Å²) in [7, 11) is 1.63. The molecular weight excluding hydrogens is 260 g/mol. The first-order chi connectivity index (χ1) is 10.2. The number of carbonyl (C=O) groups is 1. The van der Waals surface area contributed by atoms with Gasteiger partial charge in [0.1, 0.15) is 5.75 Å². The average molecular weight is 290 g/mol. The Balaban J connectivity index is 2.25. The van der Waals surface area contributed by atoms with Crippen molar-refractivity contribution < 1.29 is 9.53 Å². The van der Waals surface area contributed by atoms with Crippen molar-refractivity contribution in [3.63, 3.8) is 0 Å². The molecule has 0 heterocycles. The first-order valence-corrected chi connectivity index (χ1v) is 8.37. The fraction of sp³-hybridized carbons (Fsp3) is 0.632. The third-order valence-corrected chi connectivity index (χ3v) is 3.91. The largest absolute Gasteiger partial charge is 0.496 e. The third kappa shape index (κ3) is 6.79. The summed E-state index contributed by atoms with van der Waals surface area (Å²) in [5, 5.41) is 0. The molecule has 21 heavy (non-hydrogen) atoms. The van der Waals surface area contributed by atoms with E-state index in [4.69, 9.17) is 4.74 Å². The molecule has 0 aliphatic heterocycles. The Morgan fingerprint density at radius 3 is 2.24 bits per heavy atom. The number of carbonyl (C=O) groups excluding carboxylic acids is 1. The zero-order valence-electron chi connectivity index (χ0n) is 13.9. The lowest BCUT2D eigenvalue weighted by Gasteiger charge is -2.08. The molecule has 0 radical (unpaired) electrons. The number of ether oxygens (including phenoxy) is 1. The summed E-state index contributed by atoms with van der Waals surface area (Å²) >= 11 is 0. The summed E-state index contributed by atoms with van der Waals surface area (Å²) in [4.78, 5) is 12.2. The van der Waals surface area contributed by atoms with E-state index in [2.05, 4.69) is 6.92 Å². The Morgan fingerprint density at radius 2 is 1.62 bits per heavy atom. The Labute approximate surface area is 129 Å². The summed E-state index contributed by atoms with van der Waals surface area (Å²) in [5.41, 5.74) is 1.85. The third-order valence-electron chi connectivity index (χ3n) is 3.91. The molecule has 1 aromatic carbocycles. The number of ketones is 1. The van der Waals surface area contributed by atoms with Crippen molar-refractivity contribution in [3.05, 3.63) is 29.3 Å². The number of hydrogen-bond acceptors (Lipinski definition) is 2. The molecule has 0 aliphatic carbocycles. The molecule has 2 nitrogen and oxygen atoms in total. The maximum absolute atomic E-state index is 12.2. The van der Waals surface area contributed by atoms with Crippen LogP contribution in [0.2, 0.25) is 0 Å². The van der Waals surface area contributed by atoms with Gasteiger partial charge in [-0.3, -0.25) is 4.79 Å². The van der Waals surface area contributed by atoms with E-state index in [-0.39, 0.29) is 5.78 Å². The summed E-state index contributed by atoms with van der Waals surface area (Å²) < 4.78 is 5.31. The van der Waals surface area contributed by atoms with Gasteiger partial charge in [-0.15, -0.1) is 0 Å². The van der Waals surface area contributed by atoms with Crippen LogP contribution in [0.4, 0.5) is 0 Å². The molecule has 1 rings (SSSR count). The molecule has 2 heteroatoms. The minimum Gasteiger partial charge on any atom is -0.496 e. The smallest absolute Gasteiger partial charge is 0.166 e. The van der Waals surface area contributed by atoms with E-state index in [1.165, 1.54) is 38.5 Å². The maximum Gasteiger partial charge on any atom is 0.166 e. The molecule has 0 atom stereocenters. The highest BCUT2D eigenvalue weighted by atomic mass is 16.5. The minimum atomic E-state index is 0.206. The molecule has 0 saturated carbocycles. The van der Waals surface area contributed by atoms with Crippen LogP contribution in [0, 0.1) is 6.92 Å². The van der Waals surface area contributed by atoms with Crippen molar-refractivity contribution in [2.75, 3.05) is 7.11 Å². The van der Waals surface area contributed by atoms with Crippen LogP contribution in [0.15, 0.2) is 18.2 Å². The summed E-state index contributed by atoms with van der Waals surface area (Å²) in [6.07, 6.45) is 10.7. The van der Waals surface area contributed by atoms with Crippen molar-refractivity contribution in [2.24, 2.45) is 0 Å². The molecule has 0 saturated heterocycles. The van der Waals surface area contributed by atoms with Gasteiger partial charge in [0.2, 0.25) is 0 Å². The van der Waals surface area contributed by atoms with Gasteiger partial charge < -0.3 is 4.74 Å². The van der Waals surface area contributed by atoms with Crippen LogP contribution in [0.1, 0.15) is 80.6 Å². The van der Waals surface area contributed by atoms with E-state index in [1.807, 2.05) is 25.1 Å². The lowest BCUT2D eigenvalue weighted by molar-refractivity contribution is 0.0976. The standard InChI is InChI=1S/C19H30O2/c1-4-5-6-7-8-9-10-11-12-18(20)17-14-13-16(2)15-19(17)21-3/h13-15H,4-12H2,1-3H3. The molecule has 0 unspecified atom stereocenters. The summed E-state index contributed by atoms with van der Waals surface area (Å²) in [6, 6.07) is 5.80. The zero-order valence-corrected chi connectivity index (χ0v) is 13.9. The number of unbranched alkanes of at least 4 members (excludes halogenated alkanes) is 7. The number of rotatable bonds is 11. The number of Topliss-reactive ketones (excluding diaryl/α,β-unsaturated/α-hetero) is 1. The van der Waals surface area contributed by atoms with E-state index < -0.39 is 0 Å². The molecule has 0 N–H and O–H groups in total. The second-order valence-electron chi connectivity index (χ2n) is 5.85. The van der Waals surface area contributed by atoms with Gasteiger partial charge in [-0.25, -0.2) is 0 Å². The number of hydrogen-bond donors (Lipinski definition) is 0. The van der Waals surface area contributed by atoms with Gasteiger partial charge >= 0.3 is 0 Å². The van der Waals surface area contributed by atoms with Crippen LogP contribution < -0.4 is 4.74 Å². The first-order valence-electron chi connectivity index (χ1n) is 8.37. The van der Waals surface area contributed by atoms with Gasteiger partial charge in [-0.05, 0) is 31.0 Å². The van der Waals surface area contributed by atoms with Crippen molar-refractivity contribution in [1.82, 2.24) is 0 Å². The quantitative estimate of drug-likeness (QED) is 0.385. The molecule has 0 amide bonds. The van der Waals surface area contributed by atoms with Gasteiger partial charge in [0.25, 0.3) is 0 Å². The Morgan fingerprint density at radius 1 is 1.00 bits per heavy atom. The molecular formula is C19H30O2. The molecule has 1 aromatic rings. The first kappa shape index (κ1) is 17.7. The van der Waals surface area contributed by atoms with E-state index in [0.717, 1.165) is 24.0 Å². The predicted molar refractivity (Wildman–Crippen MR) is 89.3 cm³/mol. The Bertz CT molecular complexity index is 424. The highest BCUT2D eigenvalue weighted by molar-refractivity contribution is 5.98. The fourth-order valence-electron chi connectivity index (χ4n) is 2.58. The van der Waals surface area contributed by atoms with E-state index in [0.29, 0.717) is 12.2 Å². The molecule has 0 bridgehead atoms. The predicted octanol–water partition coefficient (Wildman–Crippen LogP) is 5.72. The van der Waals surface area contributed by atoms with Crippen LogP contribution in [-0.2, 0) is 0 Å². The number of aryl methyl sites for hydroxylation is 1. The van der Waals surface area contributed by atoms with Crippen LogP contribution in [-0.4, -0.2) is 12.9 Å². The number of benzene rings is 1. The van der Waals surface area contributed by atoms with Gasteiger partial charge in [0.15, 0.2) is 5.78 Å². The van der Waals surface area contributed by atoms with Crippen LogP contribution >= 0.6 is 0 Å². The van der Waals surface area contributed by atoms with Crippen LogP contribution in [0.5, 0.6) is 5.75 Å². The van der Waals surface area contributed by atoms with Gasteiger partial charge in [0, 0.05) is 6.42 Å². The van der Waals surface area contributed by atoms with Crippen molar-refractivity contribution in [2.45, 2.75) is 71.6 Å². The second kappa shape index (κ2) is 10.4. The summed E-state index contributed by atoms with van der Waals surface area (Å²) in [5.74, 6) is 0.914. The lowest BCUT2D eigenvalue weighted by atomic mass is 10.0. The Kier molecular flexibility index (Phi) is 8.80. The van der Waals surface area contributed by atoms with Gasteiger partial charge in [0.05, 0.1) is 12.7 Å². The highest BCUT2D eigenvalue weighted by Crippen LogP contribution is 2.22. The minimum absolute atomic E-state index is 0.206. The summed E-state index contributed by atoms with van der Waals surface area (Å²) in [6.45, 7) is 4.25.